The third kappa shape index (κ3) is 4.15. The first-order chi connectivity index (χ1) is 14.0. The molecule has 0 unspecified atom stereocenters. The summed E-state index contributed by atoms with van der Waals surface area (Å²) in [4.78, 5) is 31.9. The molecule has 6 heteroatoms. The van der Waals surface area contributed by atoms with Crippen molar-refractivity contribution >= 4 is 23.4 Å². The fourth-order valence-corrected chi connectivity index (χ4v) is 4.37. The summed E-state index contributed by atoms with van der Waals surface area (Å²) < 4.78 is 0. The van der Waals surface area contributed by atoms with Crippen molar-refractivity contribution in [2.75, 3.05) is 19.6 Å². The Kier molecular flexibility index (Phi) is 5.59. The van der Waals surface area contributed by atoms with E-state index in [0.29, 0.717) is 23.7 Å². The van der Waals surface area contributed by atoms with Gasteiger partial charge in [0, 0.05) is 36.5 Å². The molecule has 5 nitrogen and oxygen atoms in total. The predicted octanol–water partition coefficient (Wildman–Crippen LogP) is 3.74. The smallest absolute Gasteiger partial charge is 0.255 e. The lowest BCUT2D eigenvalue weighted by atomic mass is 9.93. The van der Waals surface area contributed by atoms with Crippen LogP contribution in [-0.2, 0) is 10.2 Å². The lowest BCUT2D eigenvalue weighted by Gasteiger charge is -2.33. The van der Waals surface area contributed by atoms with Crippen molar-refractivity contribution in [3.05, 3.63) is 64.4 Å². The molecule has 1 saturated heterocycles. The van der Waals surface area contributed by atoms with Crippen molar-refractivity contribution in [3.63, 3.8) is 0 Å². The normalized spacial score (nSPS) is 20.2. The molecule has 1 aliphatic heterocycles. The maximum Gasteiger partial charge on any atom is 0.255 e. The molecule has 2 heterocycles. The molecule has 1 aromatic heterocycles. The lowest BCUT2D eigenvalue weighted by molar-refractivity contribution is -0.123. The Morgan fingerprint density at radius 2 is 2.00 bits per heavy atom. The molecule has 4 rings (SSSR count). The number of likely N-dealkylation sites (tertiary alicyclic amines) is 1. The summed E-state index contributed by atoms with van der Waals surface area (Å²) in [6.07, 6.45) is 5.42. The highest BCUT2D eigenvalue weighted by Gasteiger charge is 2.51. The fourth-order valence-electron chi connectivity index (χ4n) is 4.24. The molecule has 29 heavy (non-hydrogen) atoms. The number of aromatic nitrogens is 1. The van der Waals surface area contributed by atoms with Gasteiger partial charge in [-0.05, 0) is 68.4 Å². The standard InChI is InChI=1S/C23H26ClN3O2/c1-16-20(5-2-12-25-16)21(28)27-13-3-4-17(15-27)14-26-22(29)23(10-11-23)18-6-8-19(24)9-7-18/h2,5-9,12,17H,3-4,10-11,13-15H2,1H3,(H,26,29)/t17-/m1/s1. The first-order valence-electron chi connectivity index (χ1n) is 10.2. The third-order valence-corrected chi connectivity index (χ3v) is 6.43. The number of nitrogens with one attached hydrogen (secondary N) is 1. The summed E-state index contributed by atoms with van der Waals surface area (Å²) in [5, 5.41) is 3.84. The molecule has 1 aliphatic carbocycles. The lowest BCUT2D eigenvalue weighted by Crippen LogP contribution is -2.45. The van der Waals surface area contributed by atoms with Crippen LogP contribution in [0.2, 0.25) is 5.02 Å². The molecule has 1 aromatic carbocycles. The molecular formula is C23H26ClN3O2. The van der Waals surface area contributed by atoms with Crippen LogP contribution in [0, 0.1) is 12.8 Å². The summed E-state index contributed by atoms with van der Waals surface area (Å²) in [5.41, 5.74) is 2.05. The molecule has 2 amide bonds. The summed E-state index contributed by atoms with van der Waals surface area (Å²) in [6, 6.07) is 11.2. The minimum Gasteiger partial charge on any atom is -0.355 e. The van der Waals surface area contributed by atoms with E-state index in [0.717, 1.165) is 43.5 Å². The number of piperidine rings is 1. The Balaban J connectivity index is 1.35. The van der Waals surface area contributed by atoms with Crippen LogP contribution in [0.5, 0.6) is 0 Å². The molecule has 2 aromatic rings. The molecule has 2 fully saturated rings. The molecule has 1 N–H and O–H groups in total. The molecule has 1 saturated carbocycles. The van der Waals surface area contributed by atoms with Gasteiger partial charge in [-0.15, -0.1) is 0 Å². The second-order valence-electron chi connectivity index (χ2n) is 8.19. The highest BCUT2D eigenvalue weighted by molar-refractivity contribution is 6.30. The zero-order chi connectivity index (χ0) is 20.4. The molecule has 0 radical (unpaired) electrons. The quantitative estimate of drug-likeness (QED) is 0.815. The van der Waals surface area contributed by atoms with Crippen LogP contribution in [0.25, 0.3) is 0 Å². The van der Waals surface area contributed by atoms with Crippen LogP contribution < -0.4 is 5.32 Å². The van der Waals surface area contributed by atoms with Crippen molar-refractivity contribution < 1.29 is 9.59 Å². The van der Waals surface area contributed by atoms with Crippen molar-refractivity contribution in [2.45, 2.75) is 38.0 Å². The SMILES string of the molecule is Cc1ncccc1C(=O)N1CCC[C@H](CNC(=O)C2(c3ccc(Cl)cc3)CC2)C1. The van der Waals surface area contributed by atoms with Gasteiger partial charge in [0.25, 0.3) is 5.91 Å². The zero-order valence-corrected chi connectivity index (χ0v) is 17.4. The van der Waals surface area contributed by atoms with Crippen LogP contribution in [0.3, 0.4) is 0 Å². The number of pyridine rings is 1. The van der Waals surface area contributed by atoms with E-state index in [1.807, 2.05) is 42.2 Å². The van der Waals surface area contributed by atoms with E-state index < -0.39 is 5.41 Å². The maximum absolute atomic E-state index is 12.9. The Hall–Kier alpha value is -2.40. The van der Waals surface area contributed by atoms with E-state index in [2.05, 4.69) is 10.3 Å². The van der Waals surface area contributed by atoms with Gasteiger partial charge in [0.05, 0.1) is 11.0 Å². The van der Waals surface area contributed by atoms with Crippen LogP contribution in [-0.4, -0.2) is 41.3 Å². The zero-order valence-electron chi connectivity index (χ0n) is 16.7. The van der Waals surface area contributed by atoms with Crippen LogP contribution >= 0.6 is 11.6 Å². The summed E-state index contributed by atoms with van der Waals surface area (Å²) in [5.74, 6) is 0.396. The monoisotopic (exact) mass is 411 g/mol. The summed E-state index contributed by atoms with van der Waals surface area (Å²) in [6.45, 7) is 3.89. The van der Waals surface area contributed by atoms with Gasteiger partial charge in [-0.2, -0.15) is 0 Å². The van der Waals surface area contributed by atoms with Gasteiger partial charge in [0.1, 0.15) is 0 Å². The van der Waals surface area contributed by atoms with Crippen molar-refractivity contribution in [3.8, 4) is 0 Å². The van der Waals surface area contributed by atoms with Gasteiger partial charge < -0.3 is 10.2 Å². The molecular weight excluding hydrogens is 386 g/mol. The van der Waals surface area contributed by atoms with E-state index in [1.54, 1.807) is 12.3 Å². The molecule has 1 atom stereocenters. The van der Waals surface area contributed by atoms with Crippen LogP contribution in [0.4, 0.5) is 0 Å². The minimum atomic E-state index is -0.401. The van der Waals surface area contributed by atoms with Crippen molar-refractivity contribution in [1.29, 1.82) is 0 Å². The van der Waals surface area contributed by atoms with Crippen molar-refractivity contribution in [2.24, 2.45) is 5.92 Å². The molecule has 0 spiro atoms. The Labute approximate surface area is 176 Å². The number of carbonyl (C=O) groups is 2. The second-order valence-corrected chi connectivity index (χ2v) is 8.63. The molecule has 0 bridgehead atoms. The largest absolute Gasteiger partial charge is 0.355 e. The number of halogens is 1. The first kappa shape index (κ1) is 19.9. The summed E-state index contributed by atoms with van der Waals surface area (Å²) >= 11 is 5.98. The number of amides is 2. The topological polar surface area (TPSA) is 62.3 Å². The van der Waals surface area contributed by atoms with Crippen LogP contribution in [0.1, 0.15) is 47.3 Å². The fraction of sp³-hybridized carbons (Fsp3) is 0.435. The van der Waals surface area contributed by atoms with E-state index >= 15 is 0 Å². The third-order valence-electron chi connectivity index (χ3n) is 6.18. The van der Waals surface area contributed by atoms with E-state index in [1.165, 1.54) is 0 Å². The van der Waals surface area contributed by atoms with E-state index in [9.17, 15) is 9.59 Å². The van der Waals surface area contributed by atoms with Gasteiger partial charge in [-0.1, -0.05) is 23.7 Å². The predicted molar refractivity (Wildman–Crippen MR) is 113 cm³/mol. The summed E-state index contributed by atoms with van der Waals surface area (Å²) in [7, 11) is 0. The van der Waals surface area contributed by atoms with Gasteiger partial charge in [-0.3, -0.25) is 14.6 Å². The number of nitrogens with zero attached hydrogens (tertiary/aromatic N) is 2. The van der Waals surface area contributed by atoms with Gasteiger partial charge in [0.2, 0.25) is 5.91 Å². The number of carbonyl (C=O) groups excluding carboxylic acids is 2. The average molecular weight is 412 g/mol. The van der Waals surface area contributed by atoms with E-state index in [-0.39, 0.29) is 17.7 Å². The highest BCUT2D eigenvalue weighted by Crippen LogP contribution is 2.48. The average Bonchev–Trinajstić information content (AvgIpc) is 3.55. The minimum absolute atomic E-state index is 0.0338. The number of hydrogen-bond acceptors (Lipinski definition) is 3. The first-order valence-corrected chi connectivity index (χ1v) is 10.6. The van der Waals surface area contributed by atoms with E-state index in [4.69, 9.17) is 11.6 Å². The van der Waals surface area contributed by atoms with Gasteiger partial charge in [-0.25, -0.2) is 0 Å². The Morgan fingerprint density at radius 3 is 2.69 bits per heavy atom. The van der Waals surface area contributed by atoms with Crippen molar-refractivity contribution in [1.82, 2.24) is 15.2 Å². The molecule has 152 valence electrons. The number of rotatable bonds is 5. The number of benzene rings is 1. The molecule has 2 aliphatic rings. The highest BCUT2D eigenvalue weighted by atomic mass is 35.5. The Morgan fingerprint density at radius 1 is 1.24 bits per heavy atom. The van der Waals surface area contributed by atoms with Gasteiger partial charge >= 0.3 is 0 Å². The maximum atomic E-state index is 12.9. The van der Waals surface area contributed by atoms with Crippen LogP contribution in [0.15, 0.2) is 42.6 Å². The van der Waals surface area contributed by atoms with Gasteiger partial charge in [0.15, 0.2) is 0 Å². The number of aryl methyl sites for hydroxylation is 1. The Bertz CT molecular complexity index is 909. The second kappa shape index (κ2) is 8.15. The number of hydrogen-bond donors (Lipinski definition) is 1.